The summed E-state index contributed by atoms with van der Waals surface area (Å²) in [5, 5.41) is 8.42. The zero-order valence-electron chi connectivity index (χ0n) is 11.5. The molecule has 0 radical (unpaired) electrons. The molecule has 1 heterocycles. The fourth-order valence-corrected chi connectivity index (χ4v) is 3.35. The molecule has 6 heteroatoms. The van der Waals surface area contributed by atoms with Gasteiger partial charge < -0.3 is 5.32 Å². The molecule has 2 rings (SSSR count). The number of aryl methyl sites for hydroxylation is 1. The van der Waals surface area contributed by atoms with Crippen LogP contribution in [0, 0.1) is 0 Å². The van der Waals surface area contributed by atoms with Crippen LogP contribution in [0.1, 0.15) is 29.6 Å². The van der Waals surface area contributed by atoms with Crippen LogP contribution in [0.4, 0.5) is 5.69 Å². The molecule has 1 unspecified atom stereocenters. The van der Waals surface area contributed by atoms with E-state index >= 15 is 0 Å². The van der Waals surface area contributed by atoms with Gasteiger partial charge in [-0.1, -0.05) is 6.92 Å². The quantitative estimate of drug-likeness (QED) is 0.891. The standard InChI is InChI=1S/C14H18N2O2S2/c1-3-12-6-9-14(19-12)10(2)16-11-4-7-13(8-5-11)20(15,17)18/h4-10,16H,3H2,1-2H3,(H2,15,17,18). The second kappa shape index (κ2) is 5.95. The molecule has 0 aliphatic heterocycles. The van der Waals surface area contributed by atoms with Crippen LogP contribution in [0.15, 0.2) is 41.3 Å². The minimum Gasteiger partial charge on any atom is -0.378 e. The number of thiophene rings is 1. The first-order valence-electron chi connectivity index (χ1n) is 6.38. The highest BCUT2D eigenvalue weighted by Crippen LogP contribution is 2.26. The Balaban J connectivity index is 2.10. The fourth-order valence-electron chi connectivity index (χ4n) is 1.88. The number of hydrogen-bond donors (Lipinski definition) is 2. The average Bonchev–Trinajstić information content (AvgIpc) is 2.87. The topological polar surface area (TPSA) is 72.2 Å². The predicted octanol–water partition coefficient (Wildman–Crippen LogP) is 3.13. The van der Waals surface area contributed by atoms with Crippen molar-refractivity contribution < 1.29 is 8.42 Å². The summed E-state index contributed by atoms with van der Waals surface area (Å²) in [6.45, 7) is 4.22. The molecule has 1 aromatic heterocycles. The number of rotatable bonds is 5. The summed E-state index contributed by atoms with van der Waals surface area (Å²) in [6.07, 6.45) is 1.04. The number of sulfonamides is 1. The summed E-state index contributed by atoms with van der Waals surface area (Å²) in [5.41, 5.74) is 0.872. The third kappa shape index (κ3) is 3.59. The Bertz CT molecular complexity index is 675. The Kier molecular flexibility index (Phi) is 4.47. The lowest BCUT2D eigenvalue weighted by atomic mass is 10.2. The molecule has 0 amide bonds. The first-order valence-corrected chi connectivity index (χ1v) is 8.74. The number of hydrogen-bond acceptors (Lipinski definition) is 4. The molecule has 20 heavy (non-hydrogen) atoms. The third-order valence-electron chi connectivity index (χ3n) is 3.02. The molecule has 0 aliphatic carbocycles. The highest BCUT2D eigenvalue weighted by molar-refractivity contribution is 7.89. The van der Waals surface area contributed by atoms with E-state index in [9.17, 15) is 8.42 Å². The van der Waals surface area contributed by atoms with Gasteiger partial charge in [0.15, 0.2) is 0 Å². The maximum absolute atomic E-state index is 11.2. The number of primary sulfonamides is 1. The summed E-state index contributed by atoms with van der Waals surface area (Å²) < 4.78 is 22.4. The number of nitrogens with one attached hydrogen (secondary N) is 1. The second-order valence-electron chi connectivity index (χ2n) is 4.59. The summed E-state index contributed by atoms with van der Waals surface area (Å²) in [6, 6.07) is 10.9. The second-order valence-corrected chi connectivity index (χ2v) is 7.35. The molecule has 0 bridgehead atoms. The van der Waals surface area contributed by atoms with E-state index in [2.05, 4.69) is 31.3 Å². The maximum Gasteiger partial charge on any atom is 0.238 e. The Hall–Kier alpha value is -1.37. The smallest absolute Gasteiger partial charge is 0.238 e. The van der Waals surface area contributed by atoms with Crippen LogP contribution in [-0.2, 0) is 16.4 Å². The normalized spacial score (nSPS) is 13.2. The first kappa shape index (κ1) is 15.0. The van der Waals surface area contributed by atoms with Crippen LogP contribution in [0.5, 0.6) is 0 Å². The van der Waals surface area contributed by atoms with Crippen LogP contribution in [0.25, 0.3) is 0 Å². The van der Waals surface area contributed by atoms with E-state index in [4.69, 9.17) is 5.14 Å². The van der Waals surface area contributed by atoms with E-state index in [1.165, 1.54) is 21.9 Å². The van der Waals surface area contributed by atoms with Gasteiger partial charge in [-0.05, 0) is 49.7 Å². The number of benzene rings is 1. The van der Waals surface area contributed by atoms with Gasteiger partial charge in [0.2, 0.25) is 10.0 Å². The summed E-state index contributed by atoms with van der Waals surface area (Å²) in [5.74, 6) is 0. The van der Waals surface area contributed by atoms with E-state index < -0.39 is 10.0 Å². The predicted molar refractivity (Wildman–Crippen MR) is 83.5 cm³/mol. The maximum atomic E-state index is 11.2. The molecule has 0 spiro atoms. The van der Waals surface area contributed by atoms with Gasteiger partial charge in [-0.2, -0.15) is 0 Å². The van der Waals surface area contributed by atoms with Crippen molar-refractivity contribution in [3.8, 4) is 0 Å². The molecule has 3 N–H and O–H groups in total. The molecule has 0 saturated carbocycles. The summed E-state index contributed by atoms with van der Waals surface area (Å²) in [7, 11) is -3.63. The van der Waals surface area contributed by atoms with Crippen molar-refractivity contribution in [1.29, 1.82) is 0 Å². The lowest BCUT2D eigenvalue weighted by Crippen LogP contribution is -2.12. The van der Waals surface area contributed by atoms with E-state index in [1.54, 1.807) is 23.5 Å². The van der Waals surface area contributed by atoms with Crippen LogP contribution < -0.4 is 10.5 Å². The largest absolute Gasteiger partial charge is 0.378 e. The molecule has 1 atom stereocenters. The lowest BCUT2D eigenvalue weighted by molar-refractivity contribution is 0.598. The van der Waals surface area contributed by atoms with Crippen molar-refractivity contribution in [3.63, 3.8) is 0 Å². The Morgan fingerprint density at radius 2 is 1.85 bits per heavy atom. The number of anilines is 1. The van der Waals surface area contributed by atoms with Crippen molar-refractivity contribution >= 4 is 27.0 Å². The minimum atomic E-state index is -3.63. The fraction of sp³-hybridized carbons (Fsp3) is 0.286. The highest BCUT2D eigenvalue weighted by atomic mass is 32.2. The van der Waals surface area contributed by atoms with Gasteiger partial charge in [-0.25, -0.2) is 13.6 Å². The van der Waals surface area contributed by atoms with Crippen LogP contribution >= 0.6 is 11.3 Å². The van der Waals surface area contributed by atoms with Crippen molar-refractivity contribution in [3.05, 3.63) is 46.2 Å². The Morgan fingerprint density at radius 1 is 1.20 bits per heavy atom. The molecule has 1 aromatic carbocycles. The van der Waals surface area contributed by atoms with Crippen molar-refractivity contribution in [2.45, 2.75) is 31.2 Å². The van der Waals surface area contributed by atoms with Crippen molar-refractivity contribution in [1.82, 2.24) is 0 Å². The minimum absolute atomic E-state index is 0.125. The highest BCUT2D eigenvalue weighted by Gasteiger charge is 2.10. The monoisotopic (exact) mass is 310 g/mol. The van der Waals surface area contributed by atoms with Crippen molar-refractivity contribution in [2.75, 3.05) is 5.32 Å². The van der Waals surface area contributed by atoms with Gasteiger partial charge in [-0.3, -0.25) is 0 Å². The van der Waals surface area contributed by atoms with Gasteiger partial charge in [0.1, 0.15) is 0 Å². The van der Waals surface area contributed by atoms with Gasteiger partial charge in [0, 0.05) is 15.4 Å². The SMILES string of the molecule is CCc1ccc(C(C)Nc2ccc(S(N)(=O)=O)cc2)s1. The van der Waals surface area contributed by atoms with Crippen LogP contribution in [0.2, 0.25) is 0 Å². The van der Waals surface area contributed by atoms with Gasteiger partial charge >= 0.3 is 0 Å². The Labute approximate surface area is 123 Å². The number of nitrogens with two attached hydrogens (primary N) is 1. The summed E-state index contributed by atoms with van der Waals surface area (Å²) in [4.78, 5) is 2.75. The molecule has 0 fully saturated rings. The van der Waals surface area contributed by atoms with E-state index in [0.717, 1.165) is 12.1 Å². The van der Waals surface area contributed by atoms with E-state index in [0.29, 0.717) is 0 Å². The molecule has 4 nitrogen and oxygen atoms in total. The Morgan fingerprint density at radius 3 is 2.35 bits per heavy atom. The molecular weight excluding hydrogens is 292 g/mol. The van der Waals surface area contributed by atoms with E-state index in [1.807, 2.05) is 0 Å². The first-order chi connectivity index (χ1) is 9.40. The molecule has 0 aliphatic rings. The zero-order valence-corrected chi connectivity index (χ0v) is 13.1. The molecule has 2 aromatic rings. The third-order valence-corrected chi connectivity index (χ3v) is 5.37. The lowest BCUT2D eigenvalue weighted by Gasteiger charge is -2.14. The van der Waals surface area contributed by atoms with Gasteiger partial charge in [0.05, 0.1) is 10.9 Å². The zero-order chi connectivity index (χ0) is 14.8. The van der Waals surface area contributed by atoms with Crippen molar-refractivity contribution in [2.24, 2.45) is 5.14 Å². The van der Waals surface area contributed by atoms with Gasteiger partial charge in [0.25, 0.3) is 0 Å². The van der Waals surface area contributed by atoms with Crippen LogP contribution in [-0.4, -0.2) is 8.42 Å². The molecular formula is C14H18N2O2S2. The molecule has 108 valence electrons. The summed E-state index contributed by atoms with van der Waals surface area (Å²) >= 11 is 1.79. The van der Waals surface area contributed by atoms with Crippen LogP contribution in [0.3, 0.4) is 0 Å². The van der Waals surface area contributed by atoms with E-state index in [-0.39, 0.29) is 10.9 Å². The average molecular weight is 310 g/mol. The molecule has 0 saturated heterocycles. The van der Waals surface area contributed by atoms with Gasteiger partial charge in [-0.15, -0.1) is 11.3 Å².